The van der Waals surface area contributed by atoms with Crippen LogP contribution in [0, 0.1) is 0 Å². The number of hydrogen-bond acceptors (Lipinski definition) is 3. The summed E-state index contributed by atoms with van der Waals surface area (Å²) in [5.41, 5.74) is 0. The van der Waals surface area contributed by atoms with Gasteiger partial charge in [0.15, 0.2) is 0 Å². The zero-order valence-corrected chi connectivity index (χ0v) is 12.8. The molecular weight excluding hydrogens is 232 g/mol. The summed E-state index contributed by atoms with van der Waals surface area (Å²) in [6, 6.07) is 0. The highest BCUT2D eigenvalue weighted by Gasteiger charge is 2.23. The molecule has 0 heterocycles. The molecule has 4 heteroatoms. The Bertz CT molecular complexity index is 207. The van der Waals surface area contributed by atoms with Gasteiger partial charge in [-0.2, -0.15) is 11.8 Å². The van der Waals surface area contributed by atoms with Gasteiger partial charge in [0.2, 0.25) is 5.91 Å². The zero-order valence-electron chi connectivity index (χ0n) is 12.0. The molecule has 0 aromatic carbocycles. The van der Waals surface area contributed by atoms with Crippen molar-refractivity contribution >= 4 is 17.7 Å². The van der Waals surface area contributed by atoms with Gasteiger partial charge in [-0.05, 0) is 32.1 Å². The minimum absolute atomic E-state index is 0.217. The molecule has 0 aliphatic heterocycles. The molecule has 0 saturated heterocycles. The van der Waals surface area contributed by atoms with Crippen LogP contribution in [0.2, 0.25) is 0 Å². The lowest BCUT2D eigenvalue weighted by Gasteiger charge is -2.30. The van der Waals surface area contributed by atoms with Gasteiger partial charge in [0.05, 0.1) is 0 Å². The molecule has 0 fully saturated rings. The predicted octanol–water partition coefficient (Wildman–Crippen LogP) is 2.37. The van der Waals surface area contributed by atoms with E-state index in [9.17, 15) is 4.79 Å². The SMILES string of the molecule is CCC(CC)(CNCCCC(=O)N(C)C)SC. The van der Waals surface area contributed by atoms with Gasteiger partial charge in [-0.15, -0.1) is 0 Å². The molecule has 0 atom stereocenters. The van der Waals surface area contributed by atoms with Gasteiger partial charge in [0, 0.05) is 31.8 Å². The first-order chi connectivity index (χ1) is 8.01. The fourth-order valence-corrected chi connectivity index (χ4v) is 2.59. The highest BCUT2D eigenvalue weighted by molar-refractivity contribution is 8.00. The number of carbonyl (C=O) groups excluding carboxylic acids is 1. The van der Waals surface area contributed by atoms with E-state index in [1.807, 2.05) is 25.9 Å². The maximum atomic E-state index is 11.4. The zero-order chi connectivity index (χ0) is 13.3. The summed E-state index contributed by atoms with van der Waals surface area (Å²) in [7, 11) is 3.62. The maximum Gasteiger partial charge on any atom is 0.222 e. The van der Waals surface area contributed by atoms with Gasteiger partial charge in [-0.25, -0.2) is 0 Å². The first-order valence-corrected chi connectivity index (χ1v) is 7.69. The molecule has 0 aliphatic carbocycles. The number of amides is 1. The average Bonchev–Trinajstić information content (AvgIpc) is 2.34. The molecule has 0 aromatic rings. The van der Waals surface area contributed by atoms with Gasteiger partial charge >= 0.3 is 0 Å². The number of carbonyl (C=O) groups is 1. The topological polar surface area (TPSA) is 32.3 Å². The summed E-state index contributed by atoms with van der Waals surface area (Å²) in [6.45, 7) is 6.47. The Morgan fingerprint density at radius 3 is 2.29 bits per heavy atom. The lowest BCUT2D eigenvalue weighted by Crippen LogP contribution is -2.37. The maximum absolute atomic E-state index is 11.4. The molecule has 0 radical (unpaired) electrons. The van der Waals surface area contributed by atoms with Gasteiger partial charge in [-0.1, -0.05) is 13.8 Å². The highest BCUT2D eigenvalue weighted by Crippen LogP contribution is 2.29. The van der Waals surface area contributed by atoms with E-state index in [1.165, 1.54) is 12.8 Å². The van der Waals surface area contributed by atoms with E-state index in [2.05, 4.69) is 25.4 Å². The van der Waals surface area contributed by atoms with Crippen LogP contribution in [0.15, 0.2) is 0 Å². The molecule has 0 rings (SSSR count). The Morgan fingerprint density at radius 1 is 1.29 bits per heavy atom. The Hall–Kier alpha value is -0.220. The van der Waals surface area contributed by atoms with Gasteiger partial charge in [0.1, 0.15) is 0 Å². The van der Waals surface area contributed by atoms with Crippen LogP contribution in [0.4, 0.5) is 0 Å². The lowest BCUT2D eigenvalue weighted by atomic mass is 10.0. The first kappa shape index (κ1) is 16.8. The minimum atomic E-state index is 0.217. The van der Waals surface area contributed by atoms with E-state index in [-0.39, 0.29) is 5.91 Å². The second-order valence-corrected chi connectivity index (χ2v) is 5.94. The van der Waals surface area contributed by atoms with E-state index >= 15 is 0 Å². The predicted molar refractivity (Wildman–Crippen MR) is 77.6 cm³/mol. The second-order valence-electron chi connectivity index (χ2n) is 4.66. The van der Waals surface area contributed by atoms with E-state index in [4.69, 9.17) is 0 Å². The quantitative estimate of drug-likeness (QED) is 0.646. The van der Waals surface area contributed by atoms with Crippen molar-refractivity contribution in [3.05, 3.63) is 0 Å². The summed E-state index contributed by atoms with van der Waals surface area (Å²) >= 11 is 1.95. The Morgan fingerprint density at radius 2 is 1.88 bits per heavy atom. The van der Waals surface area contributed by atoms with E-state index in [0.717, 1.165) is 19.5 Å². The molecule has 0 aliphatic rings. The van der Waals surface area contributed by atoms with Gasteiger partial charge in [-0.3, -0.25) is 4.79 Å². The molecule has 0 aromatic heterocycles. The van der Waals surface area contributed by atoms with Crippen LogP contribution in [0.3, 0.4) is 0 Å². The summed E-state index contributed by atoms with van der Waals surface area (Å²) in [6.07, 6.45) is 6.13. The molecule has 0 spiro atoms. The van der Waals surface area contributed by atoms with E-state index in [1.54, 1.807) is 4.90 Å². The van der Waals surface area contributed by atoms with Crippen LogP contribution in [0.25, 0.3) is 0 Å². The van der Waals surface area contributed by atoms with E-state index in [0.29, 0.717) is 11.2 Å². The Kier molecular flexibility index (Phi) is 8.70. The lowest BCUT2D eigenvalue weighted by molar-refractivity contribution is -0.128. The third kappa shape index (κ3) is 6.32. The van der Waals surface area contributed by atoms with Crippen molar-refractivity contribution in [3.8, 4) is 0 Å². The highest BCUT2D eigenvalue weighted by atomic mass is 32.2. The molecule has 1 amide bonds. The number of nitrogens with zero attached hydrogens (tertiary/aromatic N) is 1. The van der Waals surface area contributed by atoms with Gasteiger partial charge < -0.3 is 10.2 Å². The standard InChI is InChI=1S/C13H28N2OS/c1-6-13(7-2,17-5)11-14-10-8-9-12(16)15(3)4/h14H,6-11H2,1-5H3. The fourth-order valence-electron chi connectivity index (χ4n) is 1.77. The monoisotopic (exact) mass is 260 g/mol. The number of rotatable bonds is 9. The smallest absolute Gasteiger partial charge is 0.222 e. The van der Waals surface area contributed by atoms with Crippen molar-refractivity contribution in [2.24, 2.45) is 0 Å². The van der Waals surface area contributed by atoms with Crippen molar-refractivity contribution in [3.63, 3.8) is 0 Å². The summed E-state index contributed by atoms with van der Waals surface area (Å²) in [4.78, 5) is 13.0. The Labute approximate surface area is 111 Å². The van der Waals surface area contributed by atoms with Crippen LogP contribution >= 0.6 is 11.8 Å². The van der Waals surface area contributed by atoms with E-state index < -0.39 is 0 Å². The molecule has 3 nitrogen and oxygen atoms in total. The molecule has 0 bridgehead atoms. The van der Waals surface area contributed by atoms with Crippen molar-refractivity contribution in [1.29, 1.82) is 0 Å². The summed E-state index contributed by atoms with van der Waals surface area (Å²) in [5, 5.41) is 3.48. The van der Waals surface area contributed by atoms with Crippen molar-refractivity contribution in [2.75, 3.05) is 33.4 Å². The molecule has 17 heavy (non-hydrogen) atoms. The van der Waals surface area contributed by atoms with Gasteiger partial charge in [0.25, 0.3) is 0 Å². The largest absolute Gasteiger partial charge is 0.349 e. The number of thioether (sulfide) groups is 1. The molecule has 0 saturated carbocycles. The Balaban J connectivity index is 3.73. The van der Waals surface area contributed by atoms with Crippen LogP contribution < -0.4 is 5.32 Å². The van der Waals surface area contributed by atoms with Crippen LogP contribution in [0.5, 0.6) is 0 Å². The van der Waals surface area contributed by atoms with Crippen molar-refractivity contribution < 1.29 is 4.79 Å². The van der Waals surface area contributed by atoms with Crippen LogP contribution in [0.1, 0.15) is 39.5 Å². The van der Waals surface area contributed by atoms with Crippen LogP contribution in [-0.4, -0.2) is 49.0 Å². The second kappa shape index (κ2) is 8.81. The number of hydrogen-bond donors (Lipinski definition) is 1. The molecular formula is C13H28N2OS. The minimum Gasteiger partial charge on any atom is -0.349 e. The van der Waals surface area contributed by atoms with Crippen molar-refractivity contribution in [2.45, 2.75) is 44.3 Å². The average molecular weight is 260 g/mol. The molecule has 102 valence electrons. The first-order valence-electron chi connectivity index (χ1n) is 6.47. The third-order valence-electron chi connectivity index (χ3n) is 3.41. The summed E-state index contributed by atoms with van der Waals surface area (Å²) in [5.74, 6) is 0.217. The molecule has 0 unspecified atom stereocenters. The normalized spacial score (nSPS) is 11.6. The fraction of sp³-hybridized carbons (Fsp3) is 0.923. The summed E-state index contributed by atoms with van der Waals surface area (Å²) < 4.78 is 0.367. The van der Waals surface area contributed by atoms with Crippen LogP contribution in [-0.2, 0) is 4.79 Å². The van der Waals surface area contributed by atoms with Crippen molar-refractivity contribution in [1.82, 2.24) is 10.2 Å². The number of nitrogens with one attached hydrogen (secondary N) is 1. The third-order valence-corrected chi connectivity index (χ3v) is 5.00. The molecule has 1 N–H and O–H groups in total.